The molecule has 3 rings (SSSR count). The third-order valence-corrected chi connectivity index (χ3v) is 4.96. The number of unbranched alkanes of at least 4 members (excludes halogenated alkanes) is 1. The van der Waals surface area contributed by atoms with Crippen LogP contribution >= 0.6 is 0 Å². The molecule has 160 valence electrons. The van der Waals surface area contributed by atoms with E-state index in [9.17, 15) is 9.59 Å². The first-order valence-electron chi connectivity index (χ1n) is 10.5. The van der Waals surface area contributed by atoms with E-state index >= 15 is 0 Å². The van der Waals surface area contributed by atoms with E-state index in [1.54, 1.807) is 43.4 Å². The number of para-hydroxylation sites is 1. The van der Waals surface area contributed by atoms with Gasteiger partial charge >= 0.3 is 0 Å². The number of hydrogen-bond acceptors (Lipinski definition) is 3. The zero-order valence-corrected chi connectivity index (χ0v) is 18.0. The Bertz CT molecular complexity index is 1020. The number of nitrogens with one attached hydrogen (secondary N) is 1. The van der Waals surface area contributed by atoms with Crippen molar-refractivity contribution >= 4 is 17.5 Å². The fourth-order valence-corrected chi connectivity index (χ4v) is 3.19. The van der Waals surface area contributed by atoms with Crippen molar-refractivity contribution in [3.8, 4) is 5.75 Å². The molecular weight excluding hydrogens is 388 g/mol. The van der Waals surface area contributed by atoms with Crippen LogP contribution in [0.25, 0.3) is 0 Å². The number of carbonyl (C=O) groups excluding carboxylic acids is 2. The summed E-state index contributed by atoms with van der Waals surface area (Å²) in [6, 6.07) is 24.0. The predicted octanol–water partition coefficient (Wildman–Crippen LogP) is 5.07. The minimum absolute atomic E-state index is 0.204. The van der Waals surface area contributed by atoms with Crippen molar-refractivity contribution < 1.29 is 14.3 Å². The van der Waals surface area contributed by atoms with Crippen molar-refractivity contribution in [1.29, 1.82) is 0 Å². The number of anilines is 1. The van der Waals surface area contributed by atoms with Crippen LogP contribution in [-0.2, 0) is 6.54 Å². The number of hydrogen-bond donors (Lipinski definition) is 1. The Labute approximate surface area is 183 Å². The molecule has 0 aliphatic rings. The lowest BCUT2D eigenvalue weighted by Crippen LogP contribution is -2.30. The lowest BCUT2D eigenvalue weighted by molar-refractivity contribution is 0.0951. The topological polar surface area (TPSA) is 58.6 Å². The summed E-state index contributed by atoms with van der Waals surface area (Å²) in [4.78, 5) is 27.5. The van der Waals surface area contributed by atoms with Gasteiger partial charge in [-0.05, 0) is 42.3 Å². The molecule has 0 saturated heterocycles. The maximum absolute atomic E-state index is 13.1. The number of carbonyl (C=O) groups is 2. The lowest BCUT2D eigenvalue weighted by Gasteiger charge is -2.21. The summed E-state index contributed by atoms with van der Waals surface area (Å²) in [5.74, 6) is 0.238. The molecule has 0 aliphatic heterocycles. The third-order valence-electron chi connectivity index (χ3n) is 4.96. The molecule has 0 radical (unpaired) electrons. The smallest absolute Gasteiger partial charge is 0.258 e. The highest BCUT2D eigenvalue weighted by atomic mass is 16.5. The molecule has 31 heavy (non-hydrogen) atoms. The van der Waals surface area contributed by atoms with E-state index < -0.39 is 0 Å². The molecule has 2 amide bonds. The second kappa shape index (κ2) is 11.0. The maximum Gasteiger partial charge on any atom is 0.258 e. The third kappa shape index (κ3) is 5.95. The largest absolute Gasteiger partial charge is 0.494 e. The van der Waals surface area contributed by atoms with E-state index in [0.717, 1.165) is 18.4 Å². The summed E-state index contributed by atoms with van der Waals surface area (Å²) in [5.41, 5.74) is 2.52. The molecule has 3 aromatic rings. The van der Waals surface area contributed by atoms with Gasteiger partial charge in [0.25, 0.3) is 11.8 Å². The Hall–Kier alpha value is -3.60. The lowest BCUT2D eigenvalue weighted by atomic mass is 10.1. The van der Waals surface area contributed by atoms with E-state index in [-0.39, 0.29) is 11.8 Å². The fraction of sp³-hybridized carbons (Fsp3) is 0.231. The highest BCUT2D eigenvalue weighted by Gasteiger charge is 2.20. The molecule has 5 heteroatoms. The first-order valence-corrected chi connectivity index (χ1v) is 10.5. The minimum Gasteiger partial charge on any atom is -0.494 e. The molecule has 3 aromatic carbocycles. The van der Waals surface area contributed by atoms with Crippen molar-refractivity contribution in [3.63, 3.8) is 0 Å². The fourth-order valence-electron chi connectivity index (χ4n) is 3.19. The Kier molecular flexibility index (Phi) is 7.82. The average Bonchev–Trinajstić information content (AvgIpc) is 2.82. The summed E-state index contributed by atoms with van der Waals surface area (Å²) in [5, 5.41) is 2.93. The van der Waals surface area contributed by atoms with E-state index in [0.29, 0.717) is 35.7 Å². The molecular formula is C26H28N2O3. The van der Waals surface area contributed by atoms with Gasteiger partial charge in [0.15, 0.2) is 0 Å². The molecule has 5 nitrogen and oxygen atoms in total. The summed E-state index contributed by atoms with van der Waals surface area (Å²) in [7, 11) is 1.68. The first kappa shape index (κ1) is 22.1. The van der Waals surface area contributed by atoms with Gasteiger partial charge in [0.1, 0.15) is 5.75 Å². The Morgan fingerprint density at radius 1 is 0.935 bits per heavy atom. The predicted molar refractivity (Wildman–Crippen MR) is 124 cm³/mol. The van der Waals surface area contributed by atoms with Gasteiger partial charge in [-0.15, -0.1) is 0 Å². The Balaban J connectivity index is 1.74. The molecule has 0 spiro atoms. The van der Waals surface area contributed by atoms with Gasteiger partial charge in [-0.1, -0.05) is 61.9 Å². The minimum atomic E-state index is -0.226. The van der Waals surface area contributed by atoms with Gasteiger partial charge in [0.05, 0.1) is 17.9 Å². The summed E-state index contributed by atoms with van der Waals surface area (Å²) in [6.07, 6.45) is 2.01. The van der Waals surface area contributed by atoms with E-state index in [2.05, 4.69) is 12.2 Å². The van der Waals surface area contributed by atoms with Gasteiger partial charge in [-0.2, -0.15) is 0 Å². The maximum atomic E-state index is 13.1. The van der Waals surface area contributed by atoms with Crippen molar-refractivity contribution in [1.82, 2.24) is 5.32 Å². The van der Waals surface area contributed by atoms with Crippen LogP contribution in [-0.4, -0.2) is 25.5 Å². The van der Waals surface area contributed by atoms with Gasteiger partial charge in [-0.3, -0.25) is 9.59 Å². The number of nitrogens with zero attached hydrogens (tertiary/aromatic N) is 1. The van der Waals surface area contributed by atoms with E-state index in [4.69, 9.17) is 4.74 Å². The molecule has 0 heterocycles. The van der Waals surface area contributed by atoms with Crippen LogP contribution in [0.2, 0.25) is 0 Å². The number of ether oxygens (including phenoxy) is 1. The zero-order valence-electron chi connectivity index (χ0n) is 18.0. The molecule has 0 atom stereocenters. The van der Waals surface area contributed by atoms with Crippen LogP contribution in [0.4, 0.5) is 5.69 Å². The normalized spacial score (nSPS) is 10.4. The van der Waals surface area contributed by atoms with Crippen LogP contribution in [0.1, 0.15) is 46.0 Å². The van der Waals surface area contributed by atoms with Crippen molar-refractivity contribution in [3.05, 3.63) is 95.6 Å². The molecule has 0 unspecified atom stereocenters. The summed E-state index contributed by atoms with van der Waals surface area (Å²) < 4.78 is 5.72. The van der Waals surface area contributed by atoms with Crippen LogP contribution in [0.5, 0.6) is 5.75 Å². The SMILES string of the molecule is CCCCOc1cccc(C(=O)N(C)c2ccccc2C(=O)NCc2ccccc2)c1. The van der Waals surface area contributed by atoms with Crippen LogP contribution < -0.4 is 15.0 Å². The Morgan fingerprint density at radius 3 is 2.45 bits per heavy atom. The molecule has 1 N–H and O–H groups in total. The highest BCUT2D eigenvalue weighted by Crippen LogP contribution is 2.23. The van der Waals surface area contributed by atoms with Gasteiger partial charge in [-0.25, -0.2) is 0 Å². The summed E-state index contributed by atoms with van der Waals surface area (Å²) >= 11 is 0. The van der Waals surface area contributed by atoms with Crippen LogP contribution in [0.15, 0.2) is 78.9 Å². The average molecular weight is 417 g/mol. The van der Waals surface area contributed by atoms with E-state index in [1.807, 2.05) is 42.5 Å². The Morgan fingerprint density at radius 2 is 1.68 bits per heavy atom. The first-order chi connectivity index (χ1) is 15.1. The van der Waals surface area contributed by atoms with Crippen molar-refractivity contribution in [2.45, 2.75) is 26.3 Å². The van der Waals surface area contributed by atoms with Gasteiger partial charge < -0.3 is 15.0 Å². The van der Waals surface area contributed by atoms with E-state index in [1.165, 1.54) is 4.90 Å². The second-order valence-corrected chi connectivity index (χ2v) is 7.28. The molecule has 0 aromatic heterocycles. The second-order valence-electron chi connectivity index (χ2n) is 7.28. The zero-order chi connectivity index (χ0) is 22.1. The standard InChI is InChI=1S/C26H28N2O3/c1-3-4-17-31-22-14-10-13-21(18-22)26(30)28(2)24-16-9-8-15-23(24)25(29)27-19-20-11-6-5-7-12-20/h5-16,18H,3-4,17,19H2,1-2H3,(H,27,29). The van der Waals surface area contributed by atoms with Crippen molar-refractivity contribution in [2.24, 2.45) is 0 Å². The number of rotatable bonds is 9. The monoisotopic (exact) mass is 416 g/mol. The number of benzene rings is 3. The highest BCUT2D eigenvalue weighted by molar-refractivity contribution is 6.10. The molecule has 0 fully saturated rings. The van der Waals surface area contributed by atoms with Gasteiger partial charge in [0, 0.05) is 19.2 Å². The molecule has 0 saturated carbocycles. The van der Waals surface area contributed by atoms with Crippen LogP contribution in [0, 0.1) is 0 Å². The molecule has 0 bridgehead atoms. The summed E-state index contributed by atoms with van der Waals surface area (Å²) in [6.45, 7) is 3.14. The van der Waals surface area contributed by atoms with Crippen LogP contribution in [0.3, 0.4) is 0 Å². The quantitative estimate of drug-likeness (QED) is 0.495. The van der Waals surface area contributed by atoms with Crippen molar-refractivity contribution in [2.75, 3.05) is 18.6 Å². The number of amides is 2. The van der Waals surface area contributed by atoms with Gasteiger partial charge in [0.2, 0.25) is 0 Å². The molecule has 0 aliphatic carbocycles.